The SMILES string of the molecule is CCOC(=O)c1c(NC(=O)COc2ncnc3scc(-c4ccccc4)c23)sc(C)c1-c1ccc(C)cc1. The van der Waals surface area contributed by atoms with Crippen molar-refractivity contribution in [1.29, 1.82) is 0 Å². The summed E-state index contributed by atoms with van der Waals surface area (Å²) in [7, 11) is 0. The van der Waals surface area contributed by atoms with Gasteiger partial charge in [-0.1, -0.05) is 60.2 Å². The van der Waals surface area contributed by atoms with E-state index in [-0.39, 0.29) is 13.2 Å². The third kappa shape index (κ3) is 5.16. The van der Waals surface area contributed by atoms with Crippen LogP contribution < -0.4 is 10.1 Å². The van der Waals surface area contributed by atoms with E-state index < -0.39 is 11.9 Å². The zero-order chi connectivity index (χ0) is 26.6. The number of benzene rings is 2. The van der Waals surface area contributed by atoms with E-state index in [1.165, 1.54) is 29.0 Å². The van der Waals surface area contributed by atoms with E-state index in [4.69, 9.17) is 9.47 Å². The van der Waals surface area contributed by atoms with E-state index in [2.05, 4.69) is 15.3 Å². The van der Waals surface area contributed by atoms with Gasteiger partial charge in [0.15, 0.2) is 6.61 Å². The van der Waals surface area contributed by atoms with Crippen molar-refractivity contribution in [1.82, 2.24) is 9.97 Å². The van der Waals surface area contributed by atoms with Crippen LogP contribution in [0, 0.1) is 13.8 Å². The molecular weight excluding hydrogens is 518 g/mol. The van der Waals surface area contributed by atoms with Crippen LogP contribution in [0.2, 0.25) is 0 Å². The second-order valence-corrected chi connectivity index (χ2v) is 10.6. The number of rotatable bonds is 8. The summed E-state index contributed by atoms with van der Waals surface area (Å²) in [5.74, 6) is -0.555. The van der Waals surface area contributed by atoms with Gasteiger partial charge in [0.1, 0.15) is 21.7 Å². The molecule has 0 aliphatic carbocycles. The molecule has 0 spiro atoms. The van der Waals surface area contributed by atoms with E-state index >= 15 is 0 Å². The minimum atomic E-state index is -0.480. The van der Waals surface area contributed by atoms with E-state index in [9.17, 15) is 9.59 Å². The predicted molar refractivity (Wildman–Crippen MR) is 152 cm³/mol. The zero-order valence-electron chi connectivity index (χ0n) is 21.1. The van der Waals surface area contributed by atoms with Gasteiger partial charge in [0, 0.05) is 21.4 Å². The van der Waals surface area contributed by atoms with Crippen molar-refractivity contribution in [3.63, 3.8) is 0 Å². The summed E-state index contributed by atoms with van der Waals surface area (Å²) in [6, 6.07) is 17.8. The molecule has 0 aliphatic rings. The Bertz CT molecular complexity index is 1610. The van der Waals surface area contributed by atoms with Crippen molar-refractivity contribution in [2.75, 3.05) is 18.5 Å². The maximum absolute atomic E-state index is 13.0. The number of aromatic nitrogens is 2. The van der Waals surface area contributed by atoms with Gasteiger partial charge in [-0.05, 0) is 31.9 Å². The number of fused-ring (bicyclic) bond motifs is 1. The van der Waals surface area contributed by atoms with Gasteiger partial charge in [-0.25, -0.2) is 14.8 Å². The fourth-order valence-corrected chi connectivity index (χ4v) is 6.17. The standard InChI is InChI=1S/C29H25N3O4S2/c1-4-35-29(34)25-23(20-12-10-17(2)11-13-20)18(3)38-28(25)32-22(33)14-36-26-24-21(19-8-6-5-7-9-19)15-37-27(24)31-16-30-26/h5-13,15-16H,4,14H2,1-3H3,(H,32,33). The Kier molecular flexibility index (Phi) is 7.48. The molecule has 38 heavy (non-hydrogen) atoms. The van der Waals surface area contributed by atoms with Gasteiger partial charge in [-0.3, -0.25) is 4.79 Å². The molecule has 3 aromatic heterocycles. The molecule has 0 radical (unpaired) electrons. The van der Waals surface area contributed by atoms with Crippen LogP contribution in [-0.2, 0) is 9.53 Å². The number of aryl methyl sites for hydroxylation is 2. The summed E-state index contributed by atoms with van der Waals surface area (Å²) in [5.41, 5.74) is 5.07. The average molecular weight is 544 g/mol. The first-order valence-electron chi connectivity index (χ1n) is 12.0. The van der Waals surface area contributed by atoms with Gasteiger partial charge < -0.3 is 14.8 Å². The third-order valence-corrected chi connectivity index (χ3v) is 7.82. The van der Waals surface area contributed by atoms with Crippen molar-refractivity contribution >= 4 is 49.8 Å². The molecule has 192 valence electrons. The summed E-state index contributed by atoms with van der Waals surface area (Å²) >= 11 is 2.83. The van der Waals surface area contributed by atoms with Crippen LogP contribution in [0.1, 0.15) is 27.7 Å². The molecule has 0 atom stereocenters. The molecule has 7 nitrogen and oxygen atoms in total. The third-order valence-electron chi connectivity index (χ3n) is 5.92. The Balaban J connectivity index is 1.41. The van der Waals surface area contributed by atoms with Gasteiger partial charge in [-0.2, -0.15) is 0 Å². The molecule has 1 N–H and O–H groups in total. The second kappa shape index (κ2) is 11.1. The first-order chi connectivity index (χ1) is 18.5. The quantitative estimate of drug-likeness (QED) is 0.214. The number of nitrogens with one attached hydrogen (secondary N) is 1. The predicted octanol–water partition coefficient (Wildman–Crippen LogP) is 6.90. The highest BCUT2D eigenvalue weighted by Gasteiger charge is 2.26. The van der Waals surface area contributed by atoms with E-state index in [1.54, 1.807) is 6.92 Å². The number of esters is 1. The minimum absolute atomic E-state index is 0.228. The van der Waals surface area contributed by atoms with Crippen LogP contribution in [0.15, 0.2) is 66.3 Å². The van der Waals surface area contributed by atoms with E-state index in [0.717, 1.165) is 42.9 Å². The van der Waals surface area contributed by atoms with Gasteiger partial charge >= 0.3 is 5.97 Å². The first kappa shape index (κ1) is 25.6. The van der Waals surface area contributed by atoms with Crippen molar-refractivity contribution in [2.24, 2.45) is 0 Å². The van der Waals surface area contributed by atoms with Crippen molar-refractivity contribution in [2.45, 2.75) is 20.8 Å². The molecule has 0 unspecified atom stereocenters. The topological polar surface area (TPSA) is 90.4 Å². The fraction of sp³-hybridized carbons (Fsp3) is 0.172. The number of nitrogens with zero attached hydrogens (tertiary/aromatic N) is 2. The highest BCUT2D eigenvalue weighted by Crippen LogP contribution is 2.41. The molecule has 5 rings (SSSR count). The average Bonchev–Trinajstić information content (AvgIpc) is 3.50. The Morgan fingerprint density at radius 1 is 0.974 bits per heavy atom. The van der Waals surface area contributed by atoms with E-state index in [0.29, 0.717) is 16.4 Å². The fourth-order valence-electron chi connectivity index (χ4n) is 4.18. The monoisotopic (exact) mass is 543 g/mol. The van der Waals surface area contributed by atoms with Crippen molar-refractivity contribution in [3.05, 3.63) is 82.3 Å². The summed E-state index contributed by atoms with van der Waals surface area (Å²) in [6.07, 6.45) is 1.43. The van der Waals surface area contributed by atoms with Gasteiger partial charge in [0.2, 0.25) is 5.88 Å². The maximum Gasteiger partial charge on any atom is 0.341 e. The van der Waals surface area contributed by atoms with Crippen LogP contribution in [0.3, 0.4) is 0 Å². The molecule has 9 heteroatoms. The normalized spacial score (nSPS) is 10.9. The number of carbonyl (C=O) groups excluding carboxylic acids is 2. The number of anilines is 1. The molecule has 0 fully saturated rings. The van der Waals surface area contributed by atoms with Crippen LogP contribution in [0.5, 0.6) is 5.88 Å². The van der Waals surface area contributed by atoms with E-state index in [1.807, 2.05) is 73.8 Å². The second-order valence-electron chi connectivity index (χ2n) is 8.54. The number of amides is 1. The number of carbonyl (C=O) groups is 2. The lowest BCUT2D eigenvalue weighted by Crippen LogP contribution is -2.21. The molecule has 3 heterocycles. The van der Waals surface area contributed by atoms with Crippen LogP contribution >= 0.6 is 22.7 Å². The van der Waals surface area contributed by atoms with Crippen molar-refractivity contribution < 1.29 is 19.1 Å². The molecule has 1 amide bonds. The van der Waals surface area contributed by atoms with Crippen LogP contribution in [0.25, 0.3) is 32.5 Å². The van der Waals surface area contributed by atoms with Gasteiger partial charge in [0.25, 0.3) is 5.91 Å². The Hall–Kier alpha value is -4.08. The summed E-state index contributed by atoms with van der Waals surface area (Å²) in [4.78, 5) is 36.3. The van der Waals surface area contributed by atoms with Gasteiger partial charge in [0.05, 0.1) is 12.0 Å². The van der Waals surface area contributed by atoms with Gasteiger partial charge in [-0.15, -0.1) is 22.7 Å². The smallest absolute Gasteiger partial charge is 0.341 e. The Morgan fingerprint density at radius 3 is 2.47 bits per heavy atom. The molecule has 2 aromatic carbocycles. The summed E-state index contributed by atoms with van der Waals surface area (Å²) < 4.78 is 11.2. The molecule has 0 saturated heterocycles. The number of hydrogen-bond acceptors (Lipinski definition) is 8. The first-order valence-corrected chi connectivity index (χ1v) is 13.7. The number of hydrogen-bond donors (Lipinski definition) is 1. The summed E-state index contributed by atoms with van der Waals surface area (Å²) in [5, 5.41) is 6.06. The lowest BCUT2D eigenvalue weighted by atomic mass is 10.0. The molecule has 0 bridgehead atoms. The number of ether oxygens (including phenoxy) is 2. The van der Waals surface area contributed by atoms with Crippen LogP contribution in [-0.4, -0.2) is 35.1 Å². The molecule has 0 saturated carbocycles. The largest absolute Gasteiger partial charge is 0.467 e. The number of thiophene rings is 2. The molecular formula is C29H25N3O4S2. The molecule has 5 aromatic rings. The minimum Gasteiger partial charge on any atom is -0.467 e. The Morgan fingerprint density at radius 2 is 1.74 bits per heavy atom. The Labute approximate surface area is 228 Å². The maximum atomic E-state index is 13.0. The highest BCUT2D eigenvalue weighted by atomic mass is 32.1. The lowest BCUT2D eigenvalue weighted by Gasteiger charge is -2.10. The van der Waals surface area contributed by atoms with Crippen LogP contribution in [0.4, 0.5) is 5.00 Å². The summed E-state index contributed by atoms with van der Waals surface area (Å²) in [6.45, 7) is 5.63. The highest BCUT2D eigenvalue weighted by molar-refractivity contribution is 7.17. The van der Waals surface area contributed by atoms with Crippen molar-refractivity contribution in [3.8, 4) is 28.1 Å². The molecule has 0 aliphatic heterocycles. The lowest BCUT2D eigenvalue weighted by molar-refractivity contribution is -0.118. The zero-order valence-corrected chi connectivity index (χ0v) is 22.7.